The molecule has 3 aliphatic rings. The summed E-state index contributed by atoms with van der Waals surface area (Å²) in [4.78, 5) is 31.1. The fourth-order valence-corrected chi connectivity index (χ4v) is 8.98. The topological polar surface area (TPSA) is 108 Å². The number of hydrogen-bond donors (Lipinski definition) is 1. The third-order valence-electron chi connectivity index (χ3n) is 8.74. The second-order valence-corrected chi connectivity index (χ2v) is 13.2. The quantitative estimate of drug-likeness (QED) is 0.371. The van der Waals surface area contributed by atoms with Crippen LogP contribution in [0.4, 0.5) is 39.5 Å². The molecule has 0 saturated carbocycles. The number of carbonyl (C=O) groups excluding carboxylic acids is 2. The van der Waals surface area contributed by atoms with E-state index in [1.165, 1.54) is 0 Å². The minimum atomic E-state index is -6.46. The van der Waals surface area contributed by atoms with Crippen LogP contribution in [0, 0.1) is 5.82 Å². The third kappa shape index (κ3) is 4.77. The number of amides is 2. The number of alkyl halides is 8. The fourth-order valence-electron chi connectivity index (χ4n) is 6.66. The molecule has 2 aromatic rings. The van der Waals surface area contributed by atoms with E-state index in [9.17, 15) is 62.6 Å². The summed E-state index contributed by atoms with van der Waals surface area (Å²) in [5.41, 5.74) is -8.72. The molecule has 5 rings (SSSR count). The van der Waals surface area contributed by atoms with E-state index < -0.39 is 123 Å². The lowest BCUT2D eigenvalue weighted by atomic mass is 9.80. The Labute approximate surface area is 249 Å². The Hall–Kier alpha value is -3.41. The summed E-state index contributed by atoms with van der Waals surface area (Å²) in [5, 5.41) is 9.34. The number of aliphatic hydroxyl groups excluding tert-OH is 1. The van der Waals surface area contributed by atoms with Crippen LogP contribution in [0.15, 0.2) is 41.4 Å². The Morgan fingerprint density at radius 3 is 2.27 bits per heavy atom. The first-order valence-electron chi connectivity index (χ1n) is 13.5. The van der Waals surface area contributed by atoms with Gasteiger partial charge in [0.25, 0.3) is 5.91 Å². The van der Waals surface area contributed by atoms with Gasteiger partial charge in [-0.2, -0.15) is 26.3 Å². The largest absolute Gasteiger partial charge is 0.436 e. The lowest BCUT2D eigenvalue weighted by Gasteiger charge is -2.42. The van der Waals surface area contributed by atoms with Gasteiger partial charge in [0.1, 0.15) is 16.6 Å². The Balaban J connectivity index is 1.67. The normalized spacial score (nSPS) is 25.8. The third-order valence-corrected chi connectivity index (χ3v) is 11.3. The van der Waals surface area contributed by atoms with Gasteiger partial charge in [0.05, 0.1) is 23.2 Å². The number of rotatable bonds is 6. The predicted molar refractivity (Wildman–Crippen MR) is 135 cm³/mol. The number of pyridine rings is 1. The maximum atomic E-state index is 14.9. The lowest BCUT2D eigenvalue weighted by Crippen LogP contribution is -2.56. The van der Waals surface area contributed by atoms with Crippen molar-refractivity contribution in [1.82, 2.24) is 14.8 Å². The first kappa shape index (κ1) is 33.0. The monoisotopic (exact) mass is 673 g/mol. The van der Waals surface area contributed by atoms with Crippen molar-refractivity contribution in [2.75, 3.05) is 19.7 Å². The highest BCUT2D eigenvalue weighted by molar-refractivity contribution is 7.92. The van der Waals surface area contributed by atoms with Gasteiger partial charge in [0, 0.05) is 31.3 Å². The molecular weight excluding hydrogens is 649 g/mol. The van der Waals surface area contributed by atoms with Crippen LogP contribution >= 0.6 is 0 Å². The standard InChI is InChI=1S/C27H24F9N3O5S/c28-16-2-4-17(5-3-16)45(43,44)24-7-8-39(23(42)19-12-18(29)22(41)38(19)9-10-40)20(24)6-1-14-11-15(13-37-21(14)24)25(30,26(31,32)33)27(34,35)36/h2-5,11,13,18-20,40H,1,6-10,12H2/t18-,19-,20?,24?/m0/s1. The highest BCUT2D eigenvalue weighted by Gasteiger charge is 2.74. The molecule has 1 aromatic heterocycles. The average Bonchev–Trinajstić information content (AvgIpc) is 3.50. The van der Waals surface area contributed by atoms with Gasteiger partial charge in [-0.15, -0.1) is 0 Å². The number of aromatic nitrogens is 1. The molecule has 0 radical (unpaired) electrons. The molecule has 45 heavy (non-hydrogen) atoms. The molecule has 1 aliphatic carbocycles. The van der Waals surface area contributed by atoms with Gasteiger partial charge in [0.2, 0.25) is 5.91 Å². The van der Waals surface area contributed by atoms with Crippen LogP contribution in [-0.2, 0) is 36.3 Å². The van der Waals surface area contributed by atoms with Crippen molar-refractivity contribution in [2.24, 2.45) is 0 Å². The van der Waals surface area contributed by atoms with Crippen molar-refractivity contribution in [2.45, 2.75) is 71.6 Å². The van der Waals surface area contributed by atoms with E-state index in [0.29, 0.717) is 0 Å². The maximum absolute atomic E-state index is 14.9. The van der Waals surface area contributed by atoms with E-state index in [1.807, 2.05) is 0 Å². The zero-order valence-electron chi connectivity index (χ0n) is 22.9. The minimum absolute atomic E-state index is 0.0408. The van der Waals surface area contributed by atoms with Gasteiger partial charge in [-0.25, -0.2) is 21.6 Å². The van der Waals surface area contributed by atoms with Crippen LogP contribution in [0.3, 0.4) is 0 Å². The van der Waals surface area contributed by atoms with E-state index in [0.717, 1.165) is 34.1 Å². The van der Waals surface area contributed by atoms with Gasteiger partial charge in [-0.05, 0) is 55.2 Å². The number of aryl methyl sites for hydroxylation is 1. The Morgan fingerprint density at radius 1 is 1.07 bits per heavy atom. The number of benzene rings is 1. The number of likely N-dealkylation sites (tertiary alicyclic amines) is 2. The molecule has 2 aliphatic heterocycles. The summed E-state index contributed by atoms with van der Waals surface area (Å²) in [7, 11) is -4.79. The number of β-amino-alcohol motifs (C(OH)–C–C–N with tert-alkyl or cyclic N) is 1. The number of fused-ring (bicyclic) bond motifs is 3. The molecular formula is C27H24F9N3O5S. The molecule has 4 atom stereocenters. The lowest BCUT2D eigenvalue weighted by molar-refractivity contribution is -0.348. The van der Waals surface area contributed by atoms with Crippen molar-refractivity contribution in [1.29, 1.82) is 0 Å². The Morgan fingerprint density at radius 2 is 1.69 bits per heavy atom. The van der Waals surface area contributed by atoms with Crippen LogP contribution in [0.2, 0.25) is 0 Å². The zero-order chi connectivity index (χ0) is 33.3. The molecule has 1 N–H and O–H groups in total. The summed E-state index contributed by atoms with van der Waals surface area (Å²) in [5.74, 6) is -2.79. The second kappa shape index (κ2) is 10.8. The van der Waals surface area contributed by atoms with Crippen molar-refractivity contribution in [3.8, 4) is 0 Å². The number of aliphatic hydroxyl groups is 1. The highest BCUT2D eigenvalue weighted by atomic mass is 32.2. The maximum Gasteiger partial charge on any atom is 0.436 e. The molecule has 18 heteroatoms. The first-order chi connectivity index (χ1) is 20.8. The molecule has 2 unspecified atom stereocenters. The minimum Gasteiger partial charge on any atom is -0.395 e. The van der Waals surface area contributed by atoms with Crippen molar-refractivity contribution < 1.29 is 62.6 Å². The number of sulfone groups is 1. The van der Waals surface area contributed by atoms with Crippen LogP contribution < -0.4 is 0 Å². The van der Waals surface area contributed by atoms with E-state index in [2.05, 4.69) is 4.98 Å². The van der Waals surface area contributed by atoms with E-state index in [4.69, 9.17) is 0 Å². The molecule has 246 valence electrons. The van der Waals surface area contributed by atoms with Crippen molar-refractivity contribution >= 4 is 21.7 Å². The second-order valence-electron chi connectivity index (χ2n) is 11.0. The molecule has 3 heterocycles. The number of halogens is 9. The molecule has 8 nitrogen and oxygen atoms in total. The smallest absolute Gasteiger partial charge is 0.395 e. The van der Waals surface area contributed by atoms with Gasteiger partial charge < -0.3 is 14.9 Å². The van der Waals surface area contributed by atoms with Crippen LogP contribution in [0.1, 0.15) is 36.1 Å². The molecule has 2 saturated heterocycles. The van der Waals surface area contributed by atoms with Crippen LogP contribution in [-0.4, -0.2) is 90.4 Å². The first-order valence-corrected chi connectivity index (χ1v) is 15.0. The van der Waals surface area contributed by atoms with Gasteiger partial charge in [-0.1, -0.05) is 0 Å². The van der Waals surface area contributed by atoms with Crippen LogP contribution in [0.5, 0.6) is 0 Å². The van der Waals surface area contributed by atoms with Gasteiger partial charge >= 0.3 is 18.0 Å². The molecule has 1 aromatic carbocycles. The van der Waals surface area contributed by atoms with Gasteiger partial charge in [0.15, 0.2) is 16.0 Å². The van der Waals surface area contributed by atoms with Crippen molar-refractivity contribution in [3.63, 3.8) is 0 Å². The summed E-state index contributed by atoms with van der Waals surface area (Å²) < 4.78 is 150. The summed E-state index contributed by atoms with van der Waals surface area (Å²) in [6.45, 7) is -1.41. The average molecular weight is 674 g/mol. The number of nitrogens with zero attached hydrogens (tertiary/aromatic N) is 3. The predicted octanol–water partition coefficient (Wildman–Crippen LogP) is 3.66. The molecule has 2 amide bonds. The molecule has 0 spiro atoms. The van der Waals surface area contributed by atoms with Crippen LogP contribution in [0.25, 0.3) is 0 Å². The number of hydrogen-bond acceptors (Lipinski definition) is 6. The molecule has 0 bridgehead atoms. The summed E-state index contributed by atoms with van der Waals surface area (Å²) >= 11 is 0. The van der Waals surface area contributed by atoms with Gasteiger partial charge in [-0.3, -0.25) is 14.6 Å². The fraction of sp³-hybridized carbons (Fsp3) is 0.519. The molecule has 2 fully saturated rings. The summed E-state index contributed by atoms with van der Waals surface area (Å²) in [6.07, 6.45) is -17.0. The SMILES string of the molecule is O=C([C@@H]1C[C@H](F)C(=O)N1CCO)N1CCC2(S(=O)(=O)c3ccc(F)cc3)c3ncc(C(F)(C(F)(F)F)C(F)(F)F)cc3CCC12. The summed E-state index contributed by atoms with van der Waals surface area (Å²) in [6, 6.07) is 0.824. The van der Waals surface area contributed by atoms with E-state index >= 15 is 0 Å². The van der Waals surface area contributed by atoms with Crippen molar-refractivity contribution in [3.05, 3.63) is 59.2 Å². The number of carbonyl (C=O) groups is 2. The zero-order valence-corrected chi connectivity index (χ0v) is 23.7. The highest BCUT2D eigenvalue weighted by Crippen LogP contribution is 2.56. The Bertz CT molecular complexity index is 1600. The Kier molecular flexibility index (Phi) is 7.95. The van der Waals surface area contributed by atoms with E-state index in [-0.39, 0.29) is 25.2 Å². The van der Waals surface area contributed by atoms with E-state index in [1.54, 1.807) is 0 Å².